The van der Waals surface area contributed by atoms with Gasteiger partial charge in [-0.1, -0.05) is 72.5 Å². The number of hydrogen-bond acceptors (Lipinski definition) is 4. The lowest BCUT2D eigenvalue weighted by molar-refractivity contribution is 0.0285. The third-order valence-electron chi connectivity index (χ3n) is 5.43. The molecule has 2 unspecified atom stereocenters. The van der Waals surface area contributed by atoms with Crippen molar-refractivity contribution in [2.45, 2.75) is 18.2 Å². The quantitative estimate of drug-likeness (QED) is 0.421. The van der Waals surface area contributed by atoms with Gasteiger partial charge in [-0.15, -0.1) is 0 Å². The molecule has 3 aromatic carbocycles. The molecule has 146 valence electrons. The van der Waals surface area contributed by atoms with Gasteiger partial charge in [0.25, 0.3) is 11.8 Å². The van der Waals surface area contributed by atoms with Gasteiger partial charge in [0.2, 0.25) is 0 Å². The molecule has 2 aliphatic heterocycles. The molecule has 0 aliphatic carbocycles. The Morgan fingerprint density at radius 3 is 1.90 bits per heavy atom. The number of nitrogens with zero attached hydrogens (tertiary/aromatic N) is 2. The minimum Gasteiger partial charge on any atom is -0.387 e. The summed E-state index contributed by atoms with van der Waals surface area (Å²) in [4.78, 5) is 25.9. The van der Waals surface area contributed by atoms with Crippen LogP contribution in [0, 0.1) is 11.8 Å². The van der Waals surface area contributed by atoms with E-state index in [0.717, 1.165) is 10.6 Å². The van der Waals surface area contributed by atoms with E-state index < -0.39 is 18.2 Å². The first-order chi connectivity index (χ1) is 14.7. The van der Waals surface area contributed by atoms with Crippen LogP contribution >= 0.6 is 0 Å². The van der Waals surface area contributed by atoms with Crippen molar-refractivity contribution in [3.63, 3.8) is 0 Å². The maximum absolute atomic E-state index is 12.9. The summed E-state index contributed by atoms with van der Waals surface area (Å²) in [6, 6.07) is 24.5. The molecule has 0 aromatic heterocycles. The van der Waals surface area contributed by atoms with Crippen molar-refractivity contribution in [2.24, 2.45) is 0 Å². The van der Waals surface area contributed by atoms with Crippen molar-refractivity contribution in [1.29, 1.82) is 0 Å². The fourth-order valence-electron chi connectivity index (χ4n) is 3.88. The van der Waals surface area contributed by atoms with Gasteiger partial charge in [-0.05, 0) is 29.8 Å². The summed E-state index contributed by atoms with van der Waals surface area (Å²) in [7, 11) is 0. The van der Waals surface area contributed by atoms with Gasteiger partial charge >= 0.3 is 0 Å². The van der Waals surface area contributed by atoms with Gasteiger partial charge in [-0.3, -0.25) is 9.59 Å². The van der Waals surface area contributed by atoms with E-state index in [4.69, 9.17) is 0 Å². The Bertz CT molecular complexity index is 1150. The first kappa shape index (κ1) is 18.3. The molecule has 0 spiro atoms. The summed E-state index contributed by atoms with van der Waals surface area (Å²) < 4.78 is 0. The molecule has 2 heterocycles. The van der Waals surface area contributed by atoms with Gasteiger partial charge in [0, 0.05) is 5.56 Å². The Morgan fingerprint density at radius 1 is 0.767 bits per heavy atom. The highest BCUT2D eigenvalue weighted by molar-refractivity contribution is 6.21. The molecule has 2 amide bonds. The topological polar surface area (TPSA) is 60.6 Å². The molecule has 0 radical (unpaired) electrons. The van der Waals surface area contributed by atoms with Gasteiger partial charge in [0.1, 0.15) is 6.04 Å². The predicted molar refractivity (Wildman–Crippen MR) is 111 cm³/mol. The largest absolute Gasteiger partial charge is 0.387 e. The molecule has 2 aliphatic rings. The molecule has 0 bridgehead atoms. The Morgan fingerprint density at radius 2 is 1.30 bits per heavy atom. The molecule has 0 saturated carbocycles. The lowest BCUT2D eigenvalue weighted by atomic mass is 10.0. The first-order valence-corrected chi connectivity index (χ1v) is 9.72. The van der Waals surface area contributed by atoms with Gasteiger partial charge in [-0.25, -0.2) is 0 Å². The molecule has 1 N–H and O–H groups in total. The van der Waals surface area contributed by atoms with Crippen LogP contribution < -0.4 is 0 Å². The van der Waals surface area contributed by atoms with Crippen molar-refractivity contribution in [3.05, 3.63) is 107 Å². The van der Waals surface area contributed by atoms with Crippen molar-refractivity contribution in [3.8, 4) is 11.8 Å². The molecule has 5 nitrogen and oxygen atoms in total. The number of aliphatic hydroxyl groups is 1. The number of hydrazine groups is 1. The van der Waals surface area contributed by atoms with E-state index in [2.05, 4.69) is 11.8 Å². The fraction of sp³-hybridized carbons (Fsp3) is 0.120. The smallest absolute Gasteiger partial charge is 0.276 e. The van der Waals surface area contributed by atoms with Crippen molar-refractivity contribution in [1.82, 2.24) is 10.0 Å². The van der Waals surface area contributed by atoms with E-state index in [0.29, 0.717) is 16.7 Å². The number of carbonyl (C=O) groups is 2. The highest BCUT2D eigenvalue weighted by atomic mass is 16.3. The van der Waals surface area contributed by atoms with E-state index in [1.807, 2.05) is 60.7 Å². The van der Waals surface area contributed by atoms with Crippen LogP contribution in [0.15, 0.2) is 84.9 Å². The van der Waals surface area contributed by atoms with Crippen LogP contribution in [-0.2, 0) is 0 Å². The van der Waals surface area contributed by atoms with Crippen molar-refractivity contribution in [2.75, 3.05) is 0 Å². The van der Waals surface area contributed by atoms with Gasteiger partial charge in [0.05, 0.1) is 23.3 Å². The summed E-state index contributed by atoms with van der Waals surface area (Å²) in [6.45, 7) is 0. The van der Waals surface area contributed by atoms with Crippen LogP contribution in [-0.4, -0.2) is 39.0 Å². The van der Waals surface area contributed by atoms with E-state index in [-0.39, 0.29) is 11.8 Å². The summed E-state index contributed by atoms with van der Waals surface area (Å²) in [5.41, 5.74) is 2.29. The second-order valence-corrected chi connectivity index (χ2v) is 7.27. The number of fused-ring (bicyclic) bond motifs is 1. The summed E-state index contributed by atoms with van der Waals surface area (Å²) in [6.07, 6.45) is -0.884. The molecule has 4 atom stereocenters. The lowest BCUT2D eigenvalue weighted by Gasteiger charge is -2.17. The number of benzene rings is 3. The highest BCUT2D eigenvalue weighted by Crippen LogP contribution is 2.42. The van der Waals surface area contributed by atoms with E-state index in [9.17, 15) is 14.7 Å². The molecular formula is C25H18N2O3. The normalized spacial score (nSPS) is 22.8. The molecule has 5 heteroatoms. The van der Waals surface area contributed by atoms with Crippen LogP contribution in [0.25, 0.3) is 0 Å². The number of hydrogen-bond donors (Lipinski definition) is 1. The van der Waals surface area contributed by atoms with Crippen LogP contribution in [0.1, 0.15) is 37.9 Å². The average molecular weight is 394 g/mol. The number of rotatable bonds is 3. The summed E-state index contributed by atoms with van der Waals surface area (Å²) in [5, 5.41) is 13.7. The summed E-state index contributed by atoms with van der Waals surface area (Å²) >= 11 is 0. The first-order valence-electron chi connectivity index (χ1n) is 9.72. The minimum absolute atomic E-state index is 0.372. The number of amides is 2. The SMILES string of the molecule is O=C1c2ccccc2C(=O)N1N1[C@H](C#Cc2ccccc2)[C@@H]1C(O)c1ccccc1. The van der Waals surface area contributed by atoms with E-state index >= 15 is 0 Å². The van der Waals surface area contributed by atoms with Crippen LogP contribution in [0.4, 0.5) is 0 Å². The standard InChI is InChI=1S/C25H18N2O3/c28-23(18-11-5-2-6-12-18)22-21(16-15-17-9-3-1-4-10-17)26(22)27-24(29)19-13-7-8-14-20(19)25(27)30/h1-14,21-23,28H/t21-,22-,23?,26?/m1/s1. The molecule has 1 fully saturated rings. The Labute approximate surface area is 174 Å². The maximum atomic E-state index is 12.9. The van der Waals surface area contributed by atoms with Crippen LogP contribution in [0.2, 0.25) is 0 Å². The van der Waals surface area contributed by atoms with Crippen LogP contribution in [0.5, 0.6) is 0 Å². The highest BCUT2D eigenvalue weighted by Gasteiger charge is 2.59. The average Bonchev–Trinajstić information content (AvgIpc) is 3.45. The zero-order valence-electron chi connectivity index (χ0n) is 16.0. The predicted octanol–water partition coefficient (Wildman–Crippen LogP) is 3.04. The molecule has 30 heavy (non-hydrogen) atoms. The second kappa shape index (κ2) is 7.27. The molecule has 1 saturated heterocycles. The number of imide groups is 1. The molecule has 5 rings (SSSR count). The zero-order chi connectivity index (χ0) is 20.7. The van der Waals surface area contributed by atoms with Gasteiger partial charge in [0.15, 0.2) is 0 Å². The van der Waals surface area contributed by atoms with Gasteiger partial charge < -0.3 is 5.11 Å². The minimum atomic E-state index is -0.884. The van der Waals surface area contributed by atoms with E-state index in [1.54, 1.807) is 29.3 Å². The second-order valence-electron chi connectivity index (χ2n) is 7.27. The molecular weight excluding hydrogens is 376 g/mol. The van der Waals surface area contributed by atoms with Crippen molar-refractivity contribution >= 4 is 11.8 Å². The Balaban J connectivity index is 1.49. The monoisotopic (exact) mass is 394 g/mol. The Hall–Kier alpha value is -3.72. The number of aliphatic hydroxyl groups excluding tert-OH is 1. The lowest BCUT2D eigenvalue weighted by Crippen LogP contribution is -2.37. The fourth-order valence-corrected chi connectivity index (χ4v) is 3.88. The molecule has 3 aromatic rings. The Kier molecular flexibility index (Phi) is 4.44. The van der Waals surface area contributed by atoms with E-state index in [1.165, 1.54) is 0 Å². The van der Waals surface area contributed by atoms with Crippen LogP contribution in [0.3, 0.4) is 0 Å². The van der Waals surface area contributed by atoms with Crippen molar-refractivity contribution < 1.29 is 14.7 Å². The third kappa shape index (κ3) is 3.00. The zero-order valence-corrected chi connectivity index (χ0v) is 16.0. The number of carbonyl (C=O) groups excluding carboxylic acids is 2. The summed E-state index contributed by atoms with van der Waals surface area (Å²) in [5.74, 6) is 5.46. The third-order valence-corrected chi connectivity index (χ3v) is 5.43. The maximum Gasteiger partial charge on any atom is 0.276 e. The van der Waals surface area contributed by atoms with Gasteiger partial charge in [-0.2, -0.15) is 10.0 Å².